The van der Waals surface area contributed by atoms with E-state index in [9.17, 15) is 0 Å². The fourth-order valence-electron chi connectivity index (χ4n) is 1.62. The summed E-state index contributed by atoms with van der Waals surface area (Å²) in [6, 6.07) is 15.2. The van der Waals surface area contributed by atoms with Gasteiger partial charge in [0.2, 0.25) is 0 Å². The van der Waals surface area contributed by atoms with Crippen molar-refractivity contribution in [3.05, 3.63) is 59.7 Å². The molecule has 0 atom stereocenters. The van der Waals surface area contributed by atoms with E-state index in [0.717, 1.165) is 22.6 Å². The number of ether oxygens (including phenoxy) is 2. The summed E-state index contributed by atoms with van der Waals surface area (Å²) in [5.74, 6) is 4.26. The summed E-state index contributed by atoms with van der Waals surface area (Å²) >= 11 is 0. The van der Waals surface area contributed by atoms with Crippen molar-refractivity contribution in [3.63, 3.8) is 0 Å². The van der Waals surface area contributed by atoms with E-state index in [2.05, 4.69) is 5.92 Å². The van der Waals surface area contributed by atoms with Crippen LogP contribution in [0.1, 0.15) is 11.1 Å². The van der Waals surface area contributed by atoms with E-state index in [1.165, 1.54) is 0 Å². The third-order valence-corrected chi connectivity index (χ3v) is 2.63. The molecule has 0 unspecified atom stereocenters. The lowest BCUT2D eigenvalue weighted by Crippen LogP contribution is -1.98. The van der Waals surface area contributed by atoms with Crippen LogP contribution in [-0.4, -0.2) is 7.11 Å². The van der Waals surface area contributed by atoms with Gasteiger partial charge in [-0.3, -0.25) is 0 Å². The van der Waals surface area contributed by atoms with Crippen LogP contribution >= 0.6 is 0 Å². The van der Waals surface area contributed by atoms with Gasteiger partial charge in [-0.25, -0.2) is 0 Å². The van der Waals surface area contributed by atoms with Gasteiger partial charge < -0.3 is 9.47 Å². The zero-order valence-electron chi connectivity index (χ0n) is 10.2. The van der Waals surface area contributed by atoms with Gasteiger partial charge in [0.05, 0.1) is 7.11 Å². The maximum Gasteiger partial charge on any atom is 0.120 e. The molecule has 0 radical (unpaired) electrons. The molecule has 0 heterocycles. The number of hydrogen-bond acceptors (Lipinski definition) is 2. The van der Waals surface area contributed by atoms with Crippen molar-refractivity contribution in [2.24, 2.45) is 0 Å². The average Bonchev–Trinajstić information content (AvgIpc) is 2.46. The largest absolute Gasteiger partial charge is 0.497 e. The van der Waals surface area contributed by atoms with Crippen LogP contribution in [0.15, 0.2) is 48.5 Å². The van der Waals surface area contributed by atoms with Gasteiger partial charge in [0.25, 0.3) is 0 Å². The molecule has 2 rings (SSSR count). The fourth-order valence-corrected chi connectivity index (χ4v) is 1.62. The highest BCUT2D eigenvalue weighted by Crippen LogP contribution is 2.18. The van der Waals surface area contributed by atoms with E-state index < -0.39 is 0 Å². The van der Waals surface area contributed by atoms with Crippen LogP contribution in [0, 0.1) is 12.3 Å². The summed E-state index contributed by atoms with van der Waals surface area (Å²) in [4.78, 5) is 0. The van der Waals surface area contributed by atoms with Crippen LogP contribution in [0.25, 0.3) is 0 Å². The molecule has 2 heteroatoms. The van der Waals surface area contributed by atoms with Gasteiger partial charge >= 0.3 is 0 Å². The Labute approximate surface area is 107 Å². The van der Waals surface area contributed by atoms with Gasteiger partial charge in [0, 0.05) is 11.1 Å². The van der Waals surface area contributed by atoms with Crippen molar-refractivity contribution in [2.75, 3.05) is 7.11 Å². The van der Waals surface area contributed by atoms with Crippen LogP contribution in [0.2, 0.25) is 0 Å². The first-order chi connectivity index (χ1) is 8.83. The van der Waals surface area contributed by atoms with Crippen molar-refractivity contribution < 1.29 is 9.47 Å². The third kappa shape index (κ3) is 2.83. The third-order valence-electron chi connectivity index (χ3n) is 2.63. The monoisotopic (exact) mass is 238 g/mol. The molecule has 2 nitrogen and oxygen atoms in total. The highest BCUT2D eigenvalue weighted by Gasteiger charge is 2.00. The Hall–Kier alpha value is -2.40. The Morgan fingerprint density at radius 2 is 1.67 bits per heavy atom. The molecule has 2 aromatic carbocycles. The standard InChI is InChI=1S/C16H14O2/c1-3-13-6-4-5-7-14(13)12-18-16-10-8-15(17-2)9-11-16/h1,4-11H,12H2,2H3. The first-order valence-corrected chi connectivity index (χ1v) is 5.65. The summed E-state index contributed by atoms with van der Waals surface area (Å²) in [5.41, 5.74) is 1.88. The van der Waals surface area contributed by atoms with E-state index >= 15 is 0 Å². The molecule has 2 aromatic rings. The summed E-state index contributed by atoms with van der Waals surface area (Å²) in [6.45, 7) is 0.465. The minimum Gasteiger partial charge on any atom is -0.497 e. The Kier molecular flexibility index (Phi) is 3.88. The van der Waals surface area contributed by atoms with E-state index in [1.807, 2.05) is 48.5 Å². The molecule has 0 aliphatic heterocycles. The van der Waals surface area contributed by atoms with Crippen molar-refractivity contribution in [1.82, 2.24) is 0 Å². The number of terminal acetylenes is 1. The molecule has 0 saturated heterocycles. The minimum atomic E-state index is 0.465. The zero-order chi connectivity index (χ0) is 12.8. The molecule has 0 N–H and O–H groups in total. The molecule has 0 aliphatic carbocycles. The van der Waals surface area contributed by atoms with Crippen molar-refractivity contribution in [3.8, 4) is 23.8 Å². The Morgan fingerprint density at radius 1 is 1.00 bits per heavy atom. The molecule has 0 spiro atoms. The highest BCUT2D eigenvalue weighted by molar-refractivity contribution is 5.39. The van der Waals surface area contributed by atoms with Crippen LogP contribution in [-0.2, 0) is 6.61 Å². The van der Waals surface area contributed by atoms with Crippen LogP contribution < -0.4 is 9.47 Å². The first kappa shape index (κ1) is 12.1. The summed E-state index contributed by atoms with van der Waals surface area (Å²) < 4.78 is 10.8. The van der Waals surface area contributed by atoms with E-state index in [-0.39, 0.29) is 0 Å². The number of hydrogen-bond donors (Lipinski definition) is 0. The smallest absolute Gasteiger partial charge is 0.120 e. The van der Waals surface area contributed by atoms with Gasteiger partial charge in [0.15, 0.2) is 0 Å². The van der Waals surface area contributed by atoms with Crippen LogP contribution in [0.4, 0.5) is 0 Å². The van der Waals surface area contributed by atoms with Gasteiger partial charge in [-0.1, -0.05) is 24.1 Å². The molecule has 18 heavy (non-hydrogen) atoms. The SMILES string of the molecule is C#Cc1ccccc1COc1ccc(OC)cc1. The predicted octanol–water partition coefficient (Wildman–Crippen LogP) is 3.26. The number of benzene rings is 2. The molecular weight excluding hydrogens is 224 g/mol. The Bertz CT molecular complexity index is 550. The lowest BCUT2D eigenvalue weighted by atomic mass is 10.1. The first-order valence-electron chi connectivity index (χ1n) is 5.65. The molecule has 0 aromatic heterocycles. The summed E-state index contributed by atoms with van der Waals surface area (Å²) in [5, 5.41) is 0. The van der Waals surface area contributed by atoms with E-state index in [0.29, 0.717) is 6.61 Å². The lowest BCUT2D eigenvalue weighted by molar-refractivity contribution is 0.305. The second-order valence-electron chi connectivity index (χ2n) is 3.77. The fraction of sp³-hybridized carbons (Fsp3) is 0.125. The molecule has 0 aliphatic rings. The number of rotatable bonds is 4. The average molecular weight is 238 g/mol. The predicted molar refractivity (Wildman–Crippen MR) is 71.7 cm³/mol. The summed E-state index contributed by atoms with van der Waals surface area (Å²) in [7, 11) is 1.64. The Balaban J connectivity index is 2.05. The lowest BCUT2D eigenvalue weighted by Gasteiger charge is -2.08. The van der Waals surface area contributed by atoms with Crippen LogP contribution in [0.5, 0.6) is 11.5 Å². The van der Waals surface area contributed by atoms with Crippen molar-refractivity contribution in [1.29, 1.82) is 0 Å². The van der Waals surface area contributed by atoms with Crippen molar-refractivity contribution >= 4 is 0 Å². The maximum absolute atomic E-state index is 5.68. The van der Waals surface area contributed by atoms with Crippen LogP contribution in [0.3, 0.4) is 0 Å². The van der Waals surface area contributed by atoms with Gasteiger partial charge in [0.1, 0.15) is 18.1 Å². The highest BCUT2D eigenvalue weighted by atomic mass is 16.5. The molecule has 0 bridgehead atoms. The quantitative estimate of drug-likeness (QED) is 0.761. The van der Waals surface area contributed by atoms with Gasteiger partial charge in [-0.05, 0) is 30.3 Å². The summed E-state index contributed by atoms with van der Waals surface area (Å²) in [6.07, 6.45) is 5.44. The molecule has 0 saturated carbocycles. The zero-order valence-corrected chi connectivity index (χ0v) is 10.2. The van der Waals surface area contributed by atoms with Gasteiger partial charge in [-0.15, -0.1) is 6.42 Å². The topological polar surface area (TPSA) is 18.5 Å². The van der Waals surface area contributed by atoms with E-state index in [4.69, 9.17) is 15.9 Å². The Morgan fingerprint density at radius 3 is 2.33 bits per heavy atom. The number of methoxy groups -OCH3 is 1. The van der Waals surface area contributed by atoms with Gasteiger partial charge in [-0.2, -0.15) is 0 Å². The molecule has 90 valence electrons. The van der Waals surface area contributed by atoms with Crippen molar-refractivity contribution in [2.45, 2.75) is 6.61 Å². The second-order valence-corrected chi connectivity index (χ2v) is 3.77. The normalized spacial score (nSPS) is 9.56. The maximum atomic E-state index is 5.68. The molecule has 0 amide bonds. The minimum absolute atomic E-state index is 0.465. The molecule has 0 fully saturated rings. The van der Waals surface area contributed by atoms with E-state index in [1.54, 1.807) is 7.11 Å². The molecular formula is C16H14O2. The second kappa shape index (κ2) is 5.79.